The van der Waals surface area contributed by atoms with E-state index >= 15 is 0 Å². The van der Waals surface area contributed by atoms with E-state index in [1.807, 2.05) is 0 Å². The molecular weight excluding hydrogens is 313 g/mol. The van der Waals surface area contributed by atoms with Gasteiger partial charge in [-0.1, -0.05) is 12.1 Å². The zero-order valence-corrected chi connectivity index (χ0v) is 13.1. The molecule has 0 saturated carbocycles. The van der Waals surface area contributed by atoms with Gasteiger partial charge in [-0.25, -0.2) is 9.18 Å². The summed E-state index contributed by atoms with van der Waals surface area (Å²) in [4.78, 5) is 23.8. The minimum atomic E-state index is -0.517. The number of hydrogen-bond acceptors (Lipinski definition) is 4. The molecule has 0 unspecified atom stereocenters. The van der Waals surface area contributed by atoms with Gasteiger partial charge in [-0.2, -0.15) is 0 Å². The van der Waals surface area contributed by atoms with Gasteiger partial charge in [0.1, 0.15) is 0 Å². The molecule has 0 fully saturated rings. The topological polar surface area (TPSA) is 68.5 Å². The maximum absolute atomic E-state index is 13.8. The Morgan fingerprint density at radius 3 is 2.46 bits per heavy atom. The van der Waals surface area contributed by atoms with Gasteiger partial charge < -0.3 is 14.5 Å². The van der Waals surface area contributed by atoms with Crippen LogP contribution in [0, 0.1) is 12.7 Å². The van der Waals surface area contributed by atoms with Gasteiger partial charge in [-0.05, 0) is 37.3 Å². The highest BCUT2D eigenvalue weighted by atomic mass is 19.1. The van der Waals surface area contributed by atoms with Crippen LogP contribution in [0.5, 0.6) is 0 Å². The number of carbonyl (C=O) groups excluding carboxylic acids is 2. The molecule has 0 spiro atoms. The van der Waals surface area contributed by atoms with Gasteiger partial charge in [0.25, 0.3) is 5.91 Å². The molecular formula is C18H14FNO4. The fourth-order valence-corrected chi connectivity index (χ4v) is 2.42. The van der Waals surface area contributed by atoms with Gasteiger partial charge in [0.15, 0.2) is 17.2 Å². The van der Waals surface area contributed by atoms with Gasteiger partial charge in [0.2, 0.25) is 0 Å². The summed E-state index contributed by atoms with van der Waals surface area (Å²) in [5, 5.41) is 3.21. The first-order chi connectivity index (χ1) is 11.5. The van der Waals surface area contributed by atoms with Crippen molar-refractivity contribution >= 4 is 28.5 Å². The standard InChI is InChI=1S/C18H14FNO4/c1-10-13-4-3-5-14(19)16(13)24-15(10)17(21)20-12-8-6-11(7-9-12)18(22)23-2/h3-9H,1-2H3,(H,20,21). The minimum Gasteiger partial charge on any atom is -0.465 e. The normalized spacial score (nSPS) is 10.6. The van der Waals surface area contributed by atoms with E-state index in [1.54, 1.807) is 31.2 Å². The van der Waals surface area contributed by atoms with Crippen molar-refractivity contribution in [1.29, 1.82) is 0 Å². The van der Waals surface area contributed by atoms with Crippen LogP contribution in [0.15, 0.2) is 46.9 Å². The molecule has 0 aliphatic carbocycles. The Hall–Kier alpha value is -3.15. The highest BCUT2D eigenvalue weighted by molar-refractivity contribution is 6.06. The van der Waals surface area contributed by atoms with Crippen molar-refractivity contribution in [3.8, 4) is 0 Å². The number of ether oxygens (including phenoxy) is 1. The SMILES string of the molecule is COC(=O)c1ccc(NC(=O)c2oc3c(F)cccc3c2C)cc1. The van der Waals surface area contributed by atoms with E-state index in [0.29, 0.717) is 22.2 Å². The predicted molar refractivity (Wildman–Crippen MR) is 86.6 cm³/mol. The monoisotopic (exact) mass is 327 g/mol. The second-order valence-corrected chi connectivity index (χ2v) is 5.20. The third-order valence-corrected chi connectivity index (χ3v) is 3.69. The van der Waals surface area contributed by atoms with Crippen molar-refractivity contribution in [2.24, 2.45) is 0 Å². The largest absolute Gasteiger partial charge is 0.465 e. The highest BCUT2D eigenvalue weighted by Crippen LogP contribution is 2.27. The Labute approximate surface area is 137 Å². The van der Waals surface area contributed by atoms with E-state index in [4.69, 9.17) is 4.42 Å². The smallest absolute Gasteiger partial charge is 0.337 e. The molecule has 0 bridgehead atoms. The van der Waals surface area contributed by atoms with E-state index in [2.05, 4.69) is 10.1 Å². The number of aryl methyl sites for hydroxylation is 1. The molecule has 0 radical (unpaired) electrons. The maximum atomic E-state index is 13.8. The summed E-state index contributed by atoms with van der Waals surface area (Å²) in [6.07, 6.45) is 0. The maximum Gasteiger partial charge on any atom is 0.337 e. The van der Waals surface area contributed by atoms with Crippen molar-refractivity contribution in [3.63, 3.8) is 0 Å². The van der Waals surface area contributed by atoms with Gasteiger partial charge in [0, 0.05) is 16.6 Å². The molecule has 1 amide bonds. The fourth-order valence-electron chi connectivity index (χ4n) is 2.42. The molecule has 1 aromatic heterocycles. The lowest BCUT2D eigenvalue weighted by molar-refractivity contribution is 0.0600. The number of carbonyl (C=O) groups is 2. The van der Waals surface area contributed by atoms with E-state index < -0.39 is 17.7 Å². The third kappa shape index (κ3) is 2.74. The minimum absolute atomic E-state index is 0.0483. The number of benzene rings is 2. The molecule has 0 aliphatic heterocycles. The van der Waals surface area contributed by atoms with Gasteiger partial charge in [0.05, 0.1) is 12.7 Å². The Bertz CT molecular complexity index is 928. The molecule has 3 rings (SSSR count). The number of methoxy groups -OCH3 is 1. The zero-order valence-electron chi connectivity index (χ0n) is 13.1. The second kappa shape index (κ2) is 6.16. The highest BCUT2D eigenvalue weighted by Gasteiger charge is 2.19. The lowest BCUT2D eigenvalue weighted by Gasteiger charge is -2.05. The summed E-state index contributed by atoms with van der Waals surface area (Å²) in [6, 6.07) is 10.7. The Morgan fingerprint density at radius 2 is 1.83 bits per heavy atom. The Balaban J connectivity index is 1.86. The van der Waals surface area contributed by atoms with Crippen molar-refractivity contribution in [3.05, 3.63) is 65.2 Å². The van der Waals surface area contributed by atoms with Crippen LogP contribution < -0.4 is 5.32 Å². The second-order valence-electron chi connectivity index (χ2n) is 5.20. The number of rotatable bonds is 3. The van der Waals surface area contributed by atoms with Gasteiger partial charge >= 0.3 is 5.97 Å². The van der Waals surface area contributed by atoms with E-state index in [1.165, 1.54) is 25.3 Å². The van der Waals surface area contributed by atoms with Crippen LogP contribution >= 0.6 is 0 Å². The summed E-state index contributed by atoms with van der Waals surface area (Å²) in [5.74, 6) is -1.42. The predicted octanol–water partition coefficient (Wildman–Crippen LogP) is 3.92. The van der Waals surface area contributed by atoms with Crippen LogP contribution in [-0.2, 0) is 4.74 Å². The average Bonchev–Trinajstić information content (AvgIpc) is 2.93. The third-order valence-electron chi connectivity index (χ3n) is 3.69. The van der Waals surface area contributed by atoms with E-state index in [-0.39, 0.29) is 11.3 Å². The lowest BCUT2D eigenvalue weighted by Crippen LogP contribution is -2.12. The summed E-state index contributed by atoms with van der Waals surface area (Å²) in [6.45, 7) is 1.69. The number of furan rings is 1. The van der Waals surface area contributed by atoms with Crippen LogP contribution in [0.4, 0.5) is 10.1 Å². The molecule has 1 N–H and O–H groups in total. The first kappa shape index (κ1) is 15.7. The number of amides is 1. The van der Waals surface area contributed by atoms with Crippen LogP contribution in [0.3, 0.4) is 0 Å². The van der Waals surface area contributed by atoms with Crippen LogP contribution in [-0.4, -0.2) is 19.0 Å². The number of esters is 1. The molecule has 1 heterocycles. The van der Waals surface area contributed by atoms with Crippen molar-refractivity contribution in [2.75, 3.05) is 12.4 Å². The molecule has 0 aliphatic rings. The summed E-state index contributed by atoms with van der Waals surface area (Å²) >= 11 is 0. The van der Waals surface area contributed by atoms with Gasteiger partial charge in [-0.15, -0.1) is 0 Å². The lowest BCUT2D eigenvalue weighted by atomic mass is 10.1. The Kier molecular flexibility index (Phi) is 4.04. The molecule has 3 aromatic rings. The first-order valence-electron chi connectivity index (χ1n) is 7.18. The summed E-state index contributed by atoms with van der Waals surface area (Å²) in [5.41, 5.74) is 1.47. The summed E-state index contributed by atoms with van der Waals surface area (Å²) < 4.78 is 23.7. The number of halogens is 1. The van der Waals surface area contributed by atoms with Crippen LogP contribution in [0.1, 0.15) is 26.5 Å². The van der Waals surface area contributed by atoms with Gasteiger partial charge in [-0.3, -0.25) is 4.79 Å². The molecule has 5 nitrogen and oxygen atoms in total. The van der Waals surface area contributed by atoms with Crippen molar-refractivity contribution < 1.29 is 23.1 Å². The number of hydrogen-bond donors (Lipinski definition) is 1. The van der Waals surface area contributed by atoms with E-state index in [9.17, 15) is 14.0 Å². The first-order valence-corrected chi connectivity index (χ1v) is 7.18. The average molecular weight is 327 g/mol. The summed E-state index contributed by atoms with van der Waals surface area (Å²) in [7, 11) is 1.29. The fraction of sp³-hybridized carbons (Fsp3) is 0.111. The van der Waals surface area contributed by atoms with Crippen molar-refractivity contribution in [1.82, 2.24) is 0 Å². The number of nitrogens with one attached hydrogen (secondary N) is 1. The molecule has 122 valence electrons. The zero-order chi connectivity index (χ0) is 17.3. The van der Waals surface area contributed by atoms with Crippen LogP contribution in [0.2, 0.25) is 0 Å². The molecule has 2 aromatic carbocycles. The molecule has 0 atom stereocenters. The molecule has 0 saturated heterocycles. The quantitative estimate of drug-likeness (QED) is 0.740. The Morgan fingerprint density at radius 1 is 1.12 bits per heavy atom. The number of fused-ring (bicyclic) bond motifs is 1. The van der Waals surface area contributed by atoms with E-state index in [0.717, 1.165) is 0 Å². The molecule has 6 heteroatoms. The van der Waals surface area contributed by atoms with Crippen molar-refractivity contribution in [2.45, 2.75) is 6.92 Å². The number of para-hydroxylation sites is 1. The van der Waals surface area contributed by atoms with Crippen LogP contribution in [0.25, 0.3) is 11.0 Å². The molecule has 24 heavy (non-hydrogen) atoms. The number of anilines is 1.